The van der Waals surface area contributed by atoms with Crippen LogP contribution in [0.25, 0.3) is 11.3 Å². The van der Waals surface area contributed by atoms with Gasteiger partial charge in [0.15, 0.2) is 0 Å². The van der Waals surface area contributed by atoms with E-state index in [0.717, 1.165) is 34.1 Å². The number of hydrogen-bond donors (Lipinski definition) is 2. The second-order valence-corrected chi connectivity index (χ2v) is 13.3. The molecule has 7 rings (SSSR count). The molecule has 2 saturated carbocycles. The third-order valence-corrected chi connectivity index (χ3v) is 8.75. The number of anilines is 2. The molecule has 2 aliphatic carbocycles. The van der Waals surface area contributed by atoms with E-state index in [0.29, 0.717) is 34.6 Å². The molecule has 0 unspecified atom stereocenters. The zero-order valence-electron chi connectivity index (χ0n) is 25.8. The second-order valence-electron chi connectivity index (χ2n) is 12.5. The molecule has 14 heteroatoms. The van der Waals surface area contributed by atoms with Crippen molar-refractivity contribution in [3.63, 3.8) is 0 Å². The monoisotopic (exact) mass is 686 g/mol. The van der Waals surface area contributed by atoms with Gasteiger partial charge < -0.3 is 20.8 Å². The Labute approximate surface area is 272 Å². The predicted molar refractivity (Wildman–Crippen MR) is 177 cm³/mol. The van der Waals surface area contributed by atoms with Crippen molar-refractivity contribution in [3.8, 4) is 11.3 Å². The maximum atomic E-state index is 13.5. The van der Waals surface area contributed by atoms with Crippen LogP contribution in [0.1, 0.15) is 84.0 Å². The lowest BCUT2D eigenvalue weighted by atomic mass is 9.76. The van der Waals surface area contributed by atoms with Gasteiger partial charge in [-0.15, -0.1) is 5.10 Å². The number of halogens is 3. The van der Waals surface area contributed by atoms with Gasteiger partial charge in [-0.2, -0.15) is 24.9 Å². The minimum absolute atomic E-state index is 0. The summed E-state index contributed by atoms with van der Waals surface area (Å²) in [7, 11) is -0.576. The van der Waals surface area contributed by atoms with Crippen LogP contribution in [0.5, 0.6) is 0 Å². The molecular formula is C31H42BBrF2N8O2. The smallest absolute Gasteiger partial charge is 0.399 e. The van der Waals surface area contributed by atoms with Gasteiger partial charge in [0, 0.05) is 16.9 Å². The van der Waals surface area contributed by atoms with Gasteiger partial charge in [-0.3, -0.25) is 0 Å². The molecule has 3 heterocycles. The maximum absolute atomic E-state index is 13.5. The lowest BCUT2D eigenvalue weighted by Crippen LogP contribution is -2.41. The van der Waals surface area contributed by atoms with E-state index in [1.165, 1.54) is 37.1 Å². The Kier molecular flexibility index (Phi) is 10.1. The summed E-state index contributed by atoms with van der Waals surface area (Å²) in [6.07, 6.45) is 8.11. The SMILES string of the molecule is Brc1cnn(C2CC2)n1.C.Cc1c(N)cc(F)cc1-c1cnn(C2CC2)n1.Cc1c(N)cc(F)cc1B1OC(C)(C)C(C)(C)O1. The molecule has 3 fully saturated rings. The summed E-state index contributed by atoms with van der Waals surface area (Å²) in [6, 6.07) is 6.53. The molecule has 0 amide bonds. The first-order chi connectivity index (χ1) is 20.6. The molecule has 45 heavy (non-hydrogen) atoms. The summed E-state index contributed by atoms with van der Waals surface area (Å²) in [5, 5.41) is 16.7. The average molecular weight is 687 g/mol. The highest BCUT2D eigenvalue weighted by molar-refractivity contribution is 9.10. The van der Waals surface area contributed by atoms with Gasteiger partial charge in [-0.25, -0.2) is 8.78 Å². The number of benzene rings is 2. The van der Waals surface area contributed by atoms with E-state index in [1.54, 1.807) is 22.0 Å². The Bertz CT molecular complexity index is 1640. The van der Waals surface area contributed by atoms with Crippen LogP contribution in [0, 0.1) is 25.5 Å². The van der Waals surface area contributed by atoms with E-state index in [9.17, 15) is 8.78 Å². The van der Waals surface area contributed by atoms with E-state index in [2.05, 4.69) is 36.3 Å². The fraction of sp³-hybridized carbons (Fsp3) is 0.484. The molecule has 4 N–H and O–H groups in total. The van der Waals surface area contributed by atoms with Gasteiger partial charge in [0.2, 0.25) is 0 Å². The molecule has 0 atom stereocenters. The summed E-state index contributed by atoms with van der Waals surface area (Å²) in [6.45, 7) is 11.6. The average Bonchev–Trinajstić information content (AvgIpc) is 3.87. The largest absolute Gasteiger partial charge is 0.495 e. The lowest BCUT2D eigenvalue weighted by molar-refractivity contribution is 0.00578. The quantitative estimate of drug-likeness (QED) is 0.188. The Hall–Kier alpha value is -3.36. The van der Waals surface area contributed by atoms with Crippen LogP contribution in [0.4, 0.5) is 20.2 Å². The molecule has 0 spiro atoms. The third-order valence-electron chi connectivity index (χ3n) is 8.38. The highest BCUT2D eigenvalue weighted by atomic mass is 79.9. The molecular weight excluding hydrogens is 645 g/mol. The Morgan fingerprint density at radius 2 is 1.29 bits per heavy atom. The Morgan fingerprint density at radius 3 is 1.80 bits per heavy atom. The second kappa shape index (κ2) is 13.2. The van der Waals surface area contributed by atoms with Crippen molar-refractivity contribution in [2.45, 2.75) is 97.9 Å². The number of rotatable bonds is 4. The van der Waals surface area contributed by atoms with E-state index in [4.69, 9.17) is 20.8 Å². The molecule has 4 aromatic rings. The van der Waals surface area contributed by atoms with Crippen molar-refractivity contribution in [1.29, 1.82) is 0 Å². The predicted octanol–water partition coefficient (Wildman–Crippen LogP) is 6.34. The van der Waals surface area contributed by atoms with Gasteiger partial charge in [-0.1, -0.05) is 7.43 Å². The van der Waals surface area contributed by atoms with Crippen LogP contribution < -0.4 is 16.9 Å². The molecule has 242 valence electrons. The van der Waals surface area contributed by atoms with Crippen molar-refractivity contribution < 1.29 is 18.1 Å². The van der Waals surface area contributed by atoms with Crippen LogP contribution in [0.3, 0.4) is 0 Å². The lowest BCUT2D eigenvalue weighted by Gasteiger charge is -2.32. The minimum Gasteiger partial charge on any atom is -0.399 e. The molecule has 0 bridgehead atoms. The molecule has 1 aliphatic heterocycles. The zero-order valence-corrected chi connectivity index (χ0v) is 27.4. The zero-order chi connectivity index (χ0) is 32.0. The Morgan fingerprint density at radius 1 is 0.800 bits per heavy atom. The first kappa shape index (κ1) is 34.5. The number of nitrogens with two attached hydrogens (primary N) is 2. The van der Waals surface area contributed by atoms with E-state index in [1.807, 2.05) is 41.5 Å². The number of nitrogens with zero attached hydrogens (tertiary/aromatic N) is 6. The van der Waals surface area contributed by atoms with Crippen LogP contribution in [-0.4, -0.2) is 48.3 Å². The van der Waals surface area contributed by atoms with Gasteiger partial charge in [0.1, 0.15) is 21.9 Å². The van der Waals surface area contributed by atoms with Crippen molar-refractivity contribution in [2.24, 2.45) is 0 Å². The number of nitrogen functional groups attached to an aromatic ring is 2. The van der Waals surface area contributed by atoms with E-state index >= 15 is 0 Å². The van der Waals surface area contributed by atoms with Crippen molar-refractivity contribution in [2.75, 3.05) is 11.5 Å². The standard InChI is InChI=1S/C13H19BFNO2.C12H13FN4.C5H6BrN3.CH4/c1-8-10(6-9(15)7-11(8)16)14-17-12(2,3)13(4,5)18-14;1-7-10(4-8(13)5-11(7)14)12-6-15-17(16-12)9-2-3-9;6-5-3-7-9(8-5)4-1-2-4;/h6-7H,16H2,1-5H3;4-6,9H,2-3,14H2,1H3;3-4H,1-2H2;1H4. The fourth-order valence-electron chi connectivity index (χ4n) is 4.52. The van der Waals surface area contributed by atoms with Gasteiger partial charge >= 0.3 is 7.12 Å². The Balaban J connectivity index is 0.000000159. The van der Waals surface area contributed by atoms with Crippen molar-refractivity contribution in [3.05, 3.63) is 64.0 Å². The molecule has 2 aromatic heterocycles. The molecule has 3 aliphatic rings. The van der Waals surface area contributed by atoms with Crippen LogP contribution in [0.15, 0.2) is 41.3 Å². The van der Waals surface area contributed by atoms with Crippen LogP contribution in [0.2, 0.25) is 0 Å². The molecule has 10 nitrogen and oxygen atoms in total. The number of hydrogen-bond acceptors (Lipinski definition) is 8. The van der Waals surface area contributed by atoms with Crippen LogP contribution >= 0.6 is 15.9 Å². The summed E-state index contributed by atoms with van der Waals surface area (Å²) in [5.74, 6) is -0.716. The highest BCUT2D eigenvalue weighted by Crippen LogP contribution is 2.37. The maximum Gasteiger partial charge on any atom is 0.495 e. The van der Waals surface area contributed by atoms with Crippen molar-refractivity contribution >= 4 is 39.9 Å². The van der Waals surface area contributed by atoms with Gasteiger partial charge in [-0.05, 0) is 124 Å². The first-order valence-corrected chi connectivity index (χ1v) is 15.4. The fourth-order valence-corrected chi connectivity index (χ4v) is 4.78. The summed E-state index contributed by atoms with van der Waals surface area (Å²) < 4.78 is 39.4. The van der Waals surface area contributed by atoms with Crippen LogP contribution in [-0.2, 0) is 9.31 Å². The van der Waals surface area contributed by atoms with Gasteiger partial charge in [0.05, 0.1) is 35.7 Å². The molecule has 0 radical (unpaired) electrons. The minimum atomic E-state index is -0.576. The molecule has 1 saturated heterocycles. The summed E-state index contributed by atoms with van der Waals surface area (Å²) >= 11 is 3.23. The third kappa shape index (κ3) is 7.90. The molecule has 2 aromatic carbocycles. The first-order valence-electron chi connectivity index (χ1n) is 14.6. The topological polar surface area (TPSA) is 132 Å². The highest BCUT2D eigenvalue weighted by Gasteiger charge is 2.52. The van der Waals surface area contributed by atoms with E-state index in [-0.39, 0.29) is 19.1 Å². The summed E-state index contributed by atoms with van der Waals surface area (Å²) in [5.41, 5.74) is 15.2. The normalized spacial score (nSPS) is 17.9. The summed E-state index contributed by atoms with van der Waals surface area (Å²) in [4.78, 5) is 3.47. The number of aromatic nitrogens is 6. The van der Waals surface area contributed by atoms with Crippen molar-refractivity contribution in [1.82, 2.24) is 30.0 Å². The van der Waals surface area contributed by atoms with Gasteiger partial charge in [0.25, 0.3) is 0 Å². The van der Waals surface area contributed by atoms with E-state index < -0.39 is 18.3 Å².